The molecule has 0 radical (unpaired) electrons. The Balaban J connectivity index is 2.00. The van der Waals surface area contributed by atoms with Crippen LogP contribution in [0.25, 0.3) is 11.0 Å². The van der Waals surface area contributed by atoms with Gasteiger partial charge in [0.05, 0.1) is 23.7 Å². The summed E-state index contributed by atoms with van der Waals surface area (Å²) in [5.41, 5.74) is 1.83. The number of H-pyrrole nitrogens is 1. The zero-order chi connectivity index (χ0) is 18.2. The number of nitrogens with one attached hydrogen (secondary N) is 3. The third kappa shape index (κ3) is 5.20. The molecule has 0 aliphatic carbocycles. The van der Waals surface area contributed by atoms with Gasteiger partial charge in [0, 0.05) is 13.0 Å². The number of nitrogens with zero attached hydrogens (tertiary/aromatic N) is 1. The average molecular weight is 346 g/mol. The number of imidazole rings is 1. The molecule has 2 rings (SSSR count). The molecule has 7 heteroatoms. The van der Waals surface area contributed by atoms with Crippen molar-refractivity contribution in [3.63, 3.8) is 0 Å². The van der Waals surface area contributed by atoms with Gasteiger partial charge in [0.25, 0.3) is 0 Å². The second-order valence-corrected chi connectivity index (χ2v) is 5.97. The molecule has 136 valence electrons. The number of alkyl carbamates (subject to hydrolysis) is 1. The van der Waals surface area contributed by atoms with Gasteiger partial charge in [-0.15, -0.1) is 0 Å². The number of hydrogen-bond donors (Lipinski definition) is 3. The van der Waals surface area contributed by atoms with Gasteiger partial charge in [-0.25, -0.2) is 9.78 Å². The summed E-state index contributed by atoms with van der Waals surface area (Å²) in [6.45, 7) is 6.43. The Labute approximate surface area is 147 Å². The molecule has 25 heavy (non-hydrogen) atoms. The smallest absolute Gasteiger partial charge is 0.407 e. The van der Waals surface area contributed by atoms with Crippen LogP contribution in [0.2, 0.25) is 0 Å². The maximum absolute atomic E-state index is 12.3. The van der Waals surface area contributed by atoms with Crippen molar-refractivity contribution in [2.45, 2.75) is 39.7 Å². The predicted octanol–water partition coefficient (Wildman–Crippen LogP) is 2.90. The van der Waals surface area contributed by atoms with E-state index in [1.165, 1.54) is 0 Å². The summed E-state index contributed by atoms with van der Waals surface area (Å²) in [6.07, 6.45) is 0.584. The van der Waals surface area contributed by atoms with Gasteiger partial charge in [0.1, 0.15) is 5.82 Å². The summed E-state index contributed by atoms with van der Waals surface area (Å²) in [5.74, 6) is 0.840. The lowest BCUT2D eigenvalue weighted by atomic mass is 9.98. The first-order valence-electron chi connectivity index (χ1n) is 8.69. The summed E-state index contributed by atoms with van der Waals surface area (Å²) < 4.78 is 4.77. The zero-order valence-electron chi connectivity index (χ0n) is 15.0. The van der Waals surface area contributed by atoms with E-state index < -0.39 is 6.09 Å². The molecule has 1 aromatic heterocycles. The van der Waals surface area contributed by atoms with Crippen LogP contribution in [-0.2, 0) is 9.53 Å². The standard InChI is InChI=1S/C18H26N4O3/c1-4-12(3)16(17-20-13-8-6-7-9-14(13)21-17)22-15(23)10-11-19-18(24)25-5-2/h6-9,12,16H,4-5,10-11H2,1-3H3,(H,19,24)(H,20,21)(H,22,23). The van der Waals surface area contributed by atoms with Crippen molar-refractivity contribution in [3.8, 4) is 0 Å². The molecule has 0 spiro atoms. The summed E-state index contributed by atoms with van der Waals surface area (Å²) in [4.78, 5) is 31.4. The number of fused-ring (bicyclic) bond motifs is 1. The molecule has 3 N–H and O–H groups in total. The number of hydrogen-bond acceptors (Lipinski definition) is 4. The first kappa shape index (κ1) is 18.8. The predicted molar refractivity (Wildman–Crippen MR) is 96.1 cm³/mol. The maximum Gasteiger partial charge on any atom is 0.407 e. The molecule has 7 nitrogen and oxygen atoms in total. The number of ether oxygens (including phenoxy) is 1. The second-order valence-electron chi connectivity index (χ2n) is 5.97. The van der Waals surface area contributed by atoms with Gasteiger partial charge in [0.2, 0.25) is 5.91 Å². The largest absolute Gasteiger partial charge is 0.450 e. The van der Waals surface area contributed by atoms with Crippen LogP contribution in [0.15, 0.2) is 24.3 Å². The Morgan fingerprint density at radius 3 is 2.72 bits per heavy atom. The molecule has 0 aliphatic heterocycles. The maximum atomic E-state index is 12.3. The Kier molecular flexibility index (Phi) is 6.80. The monoisotopic (exact) mass is 346 g/mol. The van der Waals surface area contributed by atoms with Crippen molar-refractivity contribution in [2.75, 3.05) is 13.2 Å². The third-order valence-electron chi connectivity index (χ3n) is 4.13. The molecule has 0 aliphatic rings. The normalized spacial score (nSPS) is 13.2. The lowest BCUT2D eigenvalue weighted by Crippen LogP contribution is -2.36. The number of aromatic nitrogens is 2. The van der Waals surface area contributed by atoms with Crippen LogP contribution < -0.4 is 10.6 Å². The molecule has 2 atom stereocenters. The molecule has 1 heterocycles. The van der Waals surface area contributed by atoms with E-state index in [4.69, 9.17) is 4.74 Å². The highest BCUT2D eigenvalue weighted by Gasteiger charge is 2.23. The minimum absolute atomic E-state index is 0.137. The Hall–Kier alpha value is -2.57. The fourth-order valence-electron chi connectivity index (χ4n) is 2.54. The van der Waals surface area contributed by atoms with Crippen molar-refractivity contribution in [3.05, 3.63) is 30.1 Å². The van der Waals surface area contributed by atoms with E-state index in [0.717, 1.165) is 23.3 Å². The number of benzene rings is 1. The quantitative estimate of drug-likeness (QED) is 0.685. The van der Waals surface area contributed by atoms with Gasteiger partial charge >= 0.3 is 6.09 Å². The first-order valence-corrected chi connectivity index (χ1v) is 8.69. The summed E-state index contributed by atoms with van der Waals surface area (Å²) in [5, 5.41) is 5.57. The van der Waals surface area contributed by atoms with Crippen LogP contribution in [0.4, 0.5) is 4.79 Å². The van der Waals surface area contributed by atoms with Gasteiger partial charge < -0.3 is 20.4 Å². The molecule has 0 saturated heterocycles. The number of amides is 2. The zero-order valence-corrected chi connectivity index (χ0v) is 15.0. The van der Waals surface area contributed by atoms with E-state index in [-0.39, 0.29) is 30.8 Å². The summed E-state index contributed by atoms with van der Waals surface area (Å²) in [6, 6.07) is 7.58. The summed E-state index contributed by atoms with van der Waals surface area (Å²) in [7, 11) is 0. The Bertz CT molecular complexity index is 680. The minimum atomic E-state index is -0.508. The van der Waals surface area contributed by atoms with E-state index >= 15 is 0 Å². The highest BCUT2D eigenvalue weighted by Crippen LogP contribution is 2.24. The fourth-order valence-corrected chi connectivity index (χ4v) is 2.54. The van der Waals surface area contributed by atoms with Crippen molar-refractivity contribution in [1.29, 1.82) is 0 Å². The highest BCUT2D eigenvalue weighted by molar-refractivity contribution is 5.78. The van der Waals surface area contributed by atoms with Gasteiger partial charge in [-0.05, 0) is 25.0 Å². The first-order chi connectivity index (χ1) is 12.0. The van der Waals surface area contributed by atoms with Crippen LogP contribution >= 0.6 is 0 Å². The van der Waals surface area contributed by atoms with Crippen LogP contribution in [0.3, 0.4) is 0 Å². The van der Waals surface area contributed by atoms with E-state index in [1.54, 1.807) is 6.92 Å². The van der Waals surface area contributed by atoms with Crippen molar-refractivity contribution >= 4 is 23.0 Å². The number of carbonyl (C=O) groups is 2. The molecule has 1 aromatic carbocycles. The third-order valence-corrected chi connectivity index (χ3v) is 4.13. The Morgan fingerprint density at radius 2 is 2.04 bits per heavy atom. The van der Waals surface area contributed by atoms with Crippen molar-refractivity contribution < 1.29 is 14.3 Å². The number of carbonyl (C=O) groups excluding carboxylic acids is 2. The van der Waals surface area contributed by atoms with Crippen molar-refractivity contribution in [1.82, 2.24) is 20.6 Å². The number of para-hydroxylation sites is 2. The van der Waals surface area contributed by atoms with Gasteiger partial charge in [-0.1, -0.05) is 32.4 Å². The SMILES string of the molecule is CCOC(=O)NCCC(=O)NC(c1nc2ccccc2[nH]1)C(C)CC. The Morgan fingerprint density at radius 1 is 1.28 bits per heavy atom. The number of aromatic amines is 1. The van der Waals surface area contributed by atoms with Gasteiger partial charge in [-0.3, -0.25) is 4.79 Å². The molecule has 2 unspecified atom stereocenters. The lowest BCUT2D eigenvalue weighted by molar-refractivity contribution is -0.122. The van der Waals surface area contributed by atoms with Gasteiger partial charge in [-0.2, -0.15) is 0 Å². The van der Waals surface area contributed by atoms with Gasteiger partial charge in [0.15, 0.2) is 0 Å². The lowest BCUT2D eigenvalue weighted by Gasteiger charge is -2.22. The fraction of sp³-hybridized carbons (Fsp3) is 0.500. The van der Waals surface area contributed by atoms with Crippen LogP contribution in [0.5, 0.6) is 0 Å². The van der Waals surface area contributed by atoms with E-state index in [0.29, 0.717) is 6.61 Å². The molecule has 0 fully saturated rings. The van der Waals surface area contributed by atoms with Crippen molar-refractivity contribution in [2.24, 2.45) is 5.92 Å². The second kappa shape index (κ2) is 9.05. The molecular formula is C18H26N4O3. The molecule has 2 aromatic rings. The highest BCUT2D eigenvalue weighted by atomic mass is 16.5. The minimum Gasteiger partial charge on any atom is -0.450 e. The van der Waals surface area contributed by atoms with Crippen LogP contribution in [0.1, 0.15) is 45.5 Å². The molecule has 0 saturated carbocycles. The van der Waals surface area contributed by atoms with Crippen LogP contribution in [0, 0.1) is 5.92 Å². The molecule has 2 amide bonds. The number of rotatable bonds is 8. The van der Waals surface area contributed by atoms with E-state index in [9.17, 15) is 9.59 Å². The topological polar surface area (TPSA) is 96.1 Å². The average Bonchev–Trinajstić information content (AvgIpc) is 3.03. The molecular weight excluding hydrogens is 320 g/mol. The summed E-state index contributed by atoms with van der Waals surface area (Å²) >= 11 is 0. The molecule has 0 bridgehead atoms. The van der Waals surface area contributed by atoms with Crippen LogP contribution in [-0.4, -0.2) is 35.1 Å². The van der Waals surface area contributed by atoms with E-state index in [2.05, 4.69) is 34.4 Å². The van der Waals surface area contributed by atoms with E-state index in [1.807, 2.05) is 24.3 Å².